The van der Waals surface area contributed by atoms with E-state index in [4.69, 9.17) is 0 Å². The Morgan fingerprint density at radius 3 is 0.938 bits per heavy atom. The molecule has 0 saturated carbocycles. The van der Waals surface area contributed by atoms with Crippen molar-refractivity contribution in [2.24, 2.45) is 0 Å². The van der Waals surface area contributed by atoms with Crippen LogP contribution in [-0.4, -0.2) is 64.3 Å². The Morgan fingerprint density at radius 2 is 0.750 bits per heavy atom. The maximum Gasteiger partial charge on any atom is 0.0780 e. The Bertz CT molecular complexity index is 130. The number of rotatable bonds is 7. The first-order valence-electron chi connectivity index (χ1n) is 5.82. The Balaban J connectivity index is -0.000000845. The van der Waals surface area contributed by atoms with Crippen molar-refractivity contribution in [1.82, 2.24) is 0 Å². The molecule has 0 aromatic heterocycles. The van der Waals surface area contributed by atoms with Gasteiger partial charge >= 0.3 is 0 Å². The van der Waals surface area contributed by atoms with E-state index in [-0.39, 0.29) is 9.41 Å². The van der Waals surface area contributed by atoms with Gasteiger partial charge in [-0.1, -0.05) is 0 Å². The molecule has 0 bridgehead atoms. The van der Waals surface area contributed by atoms with E-state index in [2.05, 4.69) is 42.3 Å². The van der Waals surface area contributed by atoms with Crippen LogP contribution in [0.1, 0.15) is 25.7 Å². The first-order chi connectivity index (χ1) is 6.21. The summed E-state index contributed by atoms with van der Waals surface area (Å²) < 4.78 is 2.21. The molecule has 0 fully saturated rings. The fraction of sp³-hybridized carbons (Fsp3) is 1.00. The van der Waals surface area contributed by atoms with Gasteiger partial charge in [0.2, 0.25) is 0 Å². The van der Waals surface area contributed by atoms with Gasteiger partial charge < -0.3 is 18.4 Å². The molecule has 102 valence electrons. The van der Waals surface area contributed by atoms with E-state index >= 15 is 0 Å². The molecule has 0 aromatic rings. The minimum absolute atomic E-state index is 0. The highest BCUT2D eigenvalue weighted by molar-refractivity contribution is 4.42. The maximum absolute atomic E-state index is 2.27. The predicted octanol–water partition coefficient (Wildman–Crippen LogP) is -4.03. The molecule has 0 N–H and O–H groups in total. The molecule has 0 aliphatic heterocycles. The summed E-state index contributed by atoms with van der Waals surface area (Å²) in [5.74, 6) is 0. The van der Waals surface area contributed by atoms with Crippen LogP contribution in [0.4, 0.5) is 0 Å². The van der Waals surface area contributed by atoms with Gasteiger partial charge in [-0.15, -0.1) is 0 Å². The average molecular weight is 240 g/mol. The maximum atomic E-state index is 2.27. The van der Waals surface area contributed by atoms with Gasteiger partial charge in [-0.05, 0) is 25.7 Å². The lowest BCUT2D eigenvalue weighted by atomic mass is 10.1. The third kappa shape index (κ3) is 19.4. The second-order valence-corrected chi connectivity index (χ2v) is 6.44. The molecule has 2 nitrogen and oxygen atoms in total. The van der Waals surface area contributed by atoms with Crippen molar-refractivity contribution in [3.05, 3.63) is 0 Å². The van der Waals surface area contributed by atoms with Gasteiger partial charge in [0.15, 0.2) is 0 Å². The summed E-state index contributed by atoms with van der Waals surface area (Å²) in [5.41, 5.74) is 0. The van der Waals surface area contributed by atoms with E-state index < -0.39 is 0 Å². The predicted molar refractivity (Wildman–Crippen MR) is 64.3 cm³/mol. The number of unbranched alkanes of at least 4 members (excludes halogenated alkanes) is 3. The van der Waals surface area contributed by atoms with Crippen molar-refractivity contribution in [2.45, 2.75) is 25.7 Å². The number of quaternary nitrogens is 2. The van der Waals surface area contributed by atoms with Crippen molar-refractivity contribution >= 4 is 0 Å². The van der Waals surface area contributed by atoms with Crippen molar-refractivity contribution in [1.29, 1.82) is 0 Å². The normalized spacial score (nSPS) is 11.6. The molecule has 0 aliphatic carbocycles. The molecule has 0 aromatic carbocycles. The first kappa shape index (κ1) is 21.1. The third-order valence-electron chi connectivity index (χ3n) is 2.41. The van der Waals surface area contributed by atoms with E-state index in [0.717, 1.165) is 8.97 Å². The van der Waals surface area contributed by atoms with Crippen LogP contribution in [0.25, 0.3) is 0 Å². The van der Waals surface area contributed by atoms with Crippen LogP contribution >= 0.6 is 0 Å². The van der Waals surface area contributed by atoms with Crippen molar-refractivity contribution in [3.8, 4) is 0 Å². The highest BCUT2D eigenvalue weighted by atomic mass is 19.0. The summed E-state index contributed by atoms with van der Waals surface area (Å²) in [7, 11) is 13.6. The minimum Gasteiger partial charge on any atom is -1.00 e. The second-order valence-electron chi connectivity index (χ2n) is 6.44. The van der Waals surface area contributed by atoms with E-state index in [9.17, 15) is 0 Å². The van der Waals surface area contributed by atoms with Crippen LogP contribution in [0.15, 0.2) is 0 Å². The molecule has 0 radical (unpaired) electrons. The Morgan fingerprint density at radius 1 is 0.500 bits per heavy atom. The second kappa shape index (κ2) is 8.88. The van der Waals surface area contributed by atoms with Gasteiger partial charge in [-0.3, -0.25) is 0 Å². The number of hydrogen-bond donors (Lipinski definition) is 0. The number of halogens is 2. The topological polar surface area (TPSA) is 0 Å². The summed E-state index contributed by atoms with van der Waals surface area (Å²) in [5, 5.41) is 0. The molecule has 0 amide bonds. The molecular formula is C12H30F2N2. The molecule has 0 rings (SSSR count). The molecule has 0 atom stereocenters. The lowest BCUT2D eigenvalue weighted by Gasteiger charge is -2.25. The summed E-state index contributed by atoms with van der Waals surface area (Å²) in [6, 6.07) is 0. The van der Waals surface area contributed by atoms with Gasteiger partial charge in [0, 0.05) is 0 Å². The molecule has 0 heterocycles. The lowest BCUT2D eigenvalue weighted by molar-refractivity contribution is -0.871. The molecule has 16 heavy (non-hydrogen) atoms. The van der Waals surface area contributed by atoms with Gasteiger partial charge in [-0.25, -0.2) is 0 Å². The lowest BCUT2D eigenvalue weighted by Crippen LogP contribution is -3.00. The molecule has 0 aliphatic rings. The molecular weight excluding hydrogens is 210 g/mol. The highest BCUT2D eigenvalue weighted by Crippen LogP contribution is 2.05. The molecule has 4 heteroatoms. The van der Waals surface area contributed by atoms with Gasteiger partial charge in [0.1, 0.15) is 0 Å². The number of nitrogens with zero attached hydrogens (tertiary/aromatic N) is 2. The average Bonchev–Trinajstić information content (AvgIpc) is 1.92. The van der Waals surface area contributed by atoms with Crippen molar-refractivity contribution < 1.29 is 18.4 Å². The van der Waals surface area contributed by atoms with E-state index in [0.29, 0.717) is 0 Å². The monoisotopic (exact) mass is 240 g/mol. The summed E-state index contributed by atoms with van der Waals surface area (Å²) in [6.45, 7) is 2.62. The van der Waals surface area contributed by atoms with Crippen LogP contribution in [0.2, 0.25) is 0 Å². The van der Waals surface area contributed by atoms with Gasteiger partial charge in [0.05, 0.1) is 55.4 Å². The molecule has 0 spiro atoms. The Labute approximate surface area is 100 Å². The van der Waals surface area contributed by atoms with Crippen LogP contribution < -0.4 is 9.41 Å². The molecule has 0 saturated heterocycles. The van der Waals surface area contributed by atoms with Gasteiger partial charge in [-0.2, -0.15) is 0 Å². The summed E-state index contributed by atoms with van der Waals surface area (Å²) in [4.78, 5) is 0. The highest BCUT2D eigenvalue weighted by Gasteiger charge is 2.07. The van der Waals surface area contributed by atoms with Crippen LogP contribution in [0.3, 0.4) is 0 Å². The van der Waals surface area contributed by atoms with Crippen LogP contribution in [-0.2, 0) is 0 Å². The first-order valence-corrected chi connectivity index (χ1v) is 5.82. The van der Waals surface area contributed by atoms with Crippen molar-refractivity contribution in [3.63, 3.8) is 0 Å². The van der Waals surface area contributed by atoms with Crippen LogP contribution in [0, 0.1) is 0 Å². The Hall–Kier alpha value is -0.220. The molecule has 0 unspecified atom stereocenters. The standard InChI is InChI=1S/C12H30N2.2FH/c1-13(2,3)11-9-7-8-10-12-14(4,5)6;;/h7-12H2,1-6H3;2*1H/q+2;;/p-2. The van der Waals surface area contributed by atoms with Crippen LogP contribution in [0.5, 0.6) is 0 Å². The number of hydrogen-bond acceptors (Lipinski definition) is 0. The van der Waals surface area contributed by atoms with Gasteiger partial charge in [0.25, 0.3) is 0 Å². The van der Waals surface area contributed by atoms with Crippen molar-refractivity contribution in [2.75, 3.05) is 55.4 Å². The quantitative estimate of drug-likeness (QED) is 0.314. The van der Waals surface area contributed by atoms with E-state index in [1.54, 1.807) is 0 Å². The summed E-state index contributed by atoms with van der Waals surface area (Å²) in [6.07, 6.45) is 5.55. The fourth-order valence-corrected chi connectivity index (χ4v) is 1.53. The van der Waals surface area contributed by atoms with E-state index in [1.165, 1.54) is 38.8 Å². The zero-order valence-corrected chi connectivity index (χ0v) is 11.9. The van der Waals surface area contributed by atoms with E-state index in [1.807, 2.05) is 0 Å². The minimum atomic E-state index is 0. The Kier molecular flexibility index (Phi) is 11.7. The largest absolute Gasteiger partial charge is 1.00 e. The zero-order chi connectivity index (χ0) is 11.2. The smallest absolute Gasteiger partial charge is 0.0780 e. The summed E-state index contributed by atoms with van der Waals surface area (Å²) >= 11 is 0. The third-order valence-corrected chi connectivity index (χ3v) is 2.41. The zero-order valence-electron chi connectivity index (χ0n) is 11.9. The fourth-order valence-electron chi connectivity index (χ4n) is 1.53. The SMILES string of the molecule is C[N+](C)(C)CCCCCC[N+](C)(C)C.[F-].[F-].